The molecule has 6 nitrogen and oxygen atoms in total. The lowest BCUT2D eigenvalue weighted by atomic mass is 9.91. The van der Waals surface area contributed by atoms with E-state index in [0.29, 0.717) is 12.2 Å². The summed E-state index contributed by atoms with van der Waals surface area (Å²) < 4.78 is 13.7. The molecular weight excluding hydrogens is 438 g/mol. The predicted molar refractivity (Wildman–Crippen MR) is 140 cm³/mol. The first-order chi connectivity index (χ1) is 17.2. The number of hydrogen-bond donors (Lipinski definition) is 0. The Kier molecular flexibility index (Phi) is 7.19. The molecule has 0 amide bonds. The molecule has 1 atom stereocenters. The second kappa shape index (κ2) is 10.6. The largest absolute Gasteiger partial charge is 0.462 e. The smallest absolute Gasteiger partial charge is 0.338 e. The summed E-state index contributed by atoms with van der Waals surface area (Å²) in [5.74, 6) is -0.251. The van der Waals surface area contributed by atoms with Crippen LogP contribution in [-0.4, -0.2) is 42.1 Å². The standard InChI is InChI=1S/C29H35N3O3/c1-3-4-17-35-29(33)24-11-12-26-25(20-30-32(26)27-10-5-6-18-34-27)28(24)22-13-15-31(16-14-22)23-9-7-8-21(2)19-23/h7-9,11-13,19-20,27H,3-6,10,14-18H2,1-2H3. The zero-order valence-corrected chi connectivity index (χ0v) is 20.8. The van der Waals surface area contributed by atoms with Gasteiger partial charge in [0, 0.05) is 36.3 Å². The second-order valence-electron chi connectivity index (χ2n) is 9.59. The van der Waals surface area contributed by atoms with E-state index in [1.807, 2.05) is 23.0 Å². The van der Waals surface area contributed by atoms with Gasteiger partial charge in [-0.2, -0.15) is 5.10 Å². The molecule has 3 heterocycles. The minimum Gasteiger partial charge on any atom is -0.462 e. The van der Waals surface area contributed by atoms with Crippen LogP contribution in [0.25, 0.3) is 16.5 Å². The normalized spacial score (nSPS) is 18.5. The quantitative estimate of drug-likeness (QED) is 0.298. The van der Waals surface area contributed by atoms with Gasteiger partial charge in [0.1, 0.15) is 0 Å². The van der Waals surface area contributed by atoms with Gasteiger partial charge in [0.15, 0.2) is 6.23 Å². The summed E-state index contributed by atoms with van der Waals surface area (Å²) in [5.41, 5.74) is 6.30. The maximum Gasteiger partial charge on any atom is 0.338 e. The number of ether oxygens (including phenoxy) is 2. The molecule has 35 heavy (non-hydrogen) atoms. The molecule has 2 aromatic carbocycles. The Hall–Kier alpha value is -3.12. The van der Waals surface area contributed by atoms with Crippen molar-refractivity contribution >= 4 is 28.1 Å². The molecular formula is C29H35N3O3. The first kappa shape index (κ1) is 23.6. The minimum absolute atomic E-state index is 0.0476. The fourth-order valence-corrected chi connectivity index (χ4v) is 5.13. The van der Waals surface area contributed by atoms with E-state index < -0.39 is 0 Å². The Balaban J connectivity index is 1.51. The van der Waals surface area contributed by atoms with Crippen LogP contribution in [0.5, 0.6) is 0 Å². The molecule has 1 saturated heterocycles. The molecule has 0 aliphatic carbocycles. The average molecular weight is 474 g/mol. The molecule has 5 rings (SSSR count). The summed E-state index contributed by atoms with van der Waals surface area (Å²) >= 11 is 0. The molecule has 1 fully saturated rings. The molecule has 0 radical (unpaired) electrons. The number of nitrogens with zero attached hydrogens (tertiary/aromatic N) is 3. The third-order valence-electron chi connectivity index (χ3n) is 7.06. The van der Waals surface area contributed by atoms with Gasteiger partial charge in [0.25, 0.3) is 0 Å². The Bertz CT molecular complexity index is 1220. The summed E-state index contributed by atoms with van der Waals surface area (Å²) in [4.78, 5) is 15.5. The monoisotopic (exact) mass is 473 g/mol. The van der Waals surface area contributed by atoms with Crippen molar-refractivity contribution in [2.24, 2.45) is 0 Å². The summed E-state index contributed by atoms with van der Waals surface area (Å²) in [5, 5.41) is 5.72. The zero-order valence-electron chi connectivity index (χ0n) is 20.8. The number of carbonyl (C=O) groups is 1. The SMILES string of the molecule is CCCCOC(=O)c1ccc2c(cnn2C2CCCCO2)c1C1=CCN(c2cccc(C)c2)CC1. The molecule has 6 heteroatoms. The highest BCUT2D eigenvalue weighted by Gasteiger charge is 2.25. The van der Waals surface area contributed by atoms with E-state index in [0.717, 1.165) is 74.7 Å². The van der Waals surface area contributed by atoms with Gasteiger partial charge < -0.3 is 14.4 Å². The van der Waals surface area contributed by atoms with Crippen molar-refractivity contribution in [3.8, 4) is 0 Å². The summed E-state index contributed by atoms with van der Waals surface area (Å²) in [6, 6.07) is 12.5. The number of rotatable bonds is 7. The first-order valence-corrected chi connectivity index (χ1v) is 13.0. The van der Waals surface area contributed by atoms with Crippen LogP contribution in [0, 0.1) is 6.92 Å². The van der Waals surface area contributed by atoms with Crippen LogP contribution < -0.4 is 4.90 Å². The maximum atomic E-state index is 13.1. The number of aromatic nitrogens is 2. The van der Waals surface area contributed by atoms with E-state index in [1.165, 1.54) is 16.8 Å². The topological polar surface area (TPSA) is 56.6 Å². The second-order valence-corrected chi connectivity index (χ2v) is 9.59. The summed E-state index contributed by atoms with van der Waals surface area (Å²) in [6.45, 7) is 7.14. The summed E-state index contributed by atoms with van der Waals surface area (Å²) in [6.07, 6.45) is 10.0. The molecule has 0 spiro atoms. The van der Waals surface area contributed by atoms with E-state index >= 15 is 0 Å². The Morgan fingerprint density at radius 1 is 1.23 bits per heavy atom. The lowest BCUT2D eigenvalue weighted by Gasteiger charge is -2.29. The van der Waals surface area contributed by atoms with Gasteiger partial charge in [-0.15, -0.1) is 0 Å². The van der Waals surface area contributed by atoms with Crippen LogP contribution in [-0.2, 0) is 9.47 Å². The zero-order chi connectivity index (χ0) is 24.2. The van der Waals surface area contributed by atoms with E-state index in [9.17, 15) is 4.79 Å². The third-order valence-corrected chi connectivity index (χ3v) is 7.06. The van der Waals surface area contributed by atoms with E-state index in [2.05, 4.69) is 49.1 Å². The van der Waals surface area contributed by atoms with Crippen LogP contribution in [0.4, 0.5) is 5.69 Å². The van der Waals surface area contributed by atoms with Crippen LogP contribution in [0.2, 0.25) is 0 Å². The van der Waals surface area contributed by atoms with Crippen LogP contribution in [0.3, 0.4) is 0 Å². The molecule has 2 aliphatic rings. The highest BCUT2D eigenvalue weighted by atomic mass is 16.5. The number of unbranched alkanes of at least 4 members (excludes halogenated alkanes) is 1. The number of esters is 1. The van der Waals surface area contributed by atoms with Crippen LogP contribution >= 0.6 is 0 Å². The molecule has 184 valence electrons. The highest BCUT2D eigenvalue weighted by molar-refractivity contribution is 6.04. The average Bonchev–Trinajstić information content (AvgIpc) is 3.33. The van der Waals surface area contributed by atoms with Crippen molar-refractivity contribution in [1.29, 1.82) is 0 Å². The molecule has 0 N–H and O–H groups in total. The van der Waals surface area contributed by atoms with Crippen molar-refractivity contribution in [2.45, 2.75) is 58.6 Å². The van der Waals surface area contributed by atoms with Gasteiger partial charge in [-0.1, -0.05) is 31.6 Å². The van der Waals surface area contributed by atoms with Crippen LogP contribution in [0.1, 0.15) is 73.2 Å². The molecule has 0 bridgehead atoms. The molecule has 2 aliphatic heterocycles. The van der Waals surface area contributed by atoms with Crippen molar-refractivity contribution in [1.82, 2.24) is 9.78 Å². The number of carbonyl (C=O) groups excluding carboxylic acids is 1. The van der Waals surface area contributed by atoms with Gasteiger partial charge in [0.2, 0.25) is 0 Å². The molecule has 1 unspecified atom stereocenters. The fraction of sp³-hybridized carbons (Fsp3) is 0.448. The number of anilines is 1. The Labute approximate surface area is 207 Å². The van der Waals surface area contributed by atoms with Crippen molar-refractivity contribution < 1.29 is 14.3 Å². The molecule has 0 saturated carbocycles. The maximum absolute atomic E-state index is 13.1. The lowest BCUT2D eigenvalue weighted by molar-refractivity contribution is -0.0366. The van der Waals surface area contributed by atoms with Gasteiger partial charge in [-0.05, 0) is 74.4 Å². The third kappa shape index (κ3) is 4.98. The van der Waals surface area contributed by atoms with E-state index in [1.54, 1.807) is 0 Å². The van der Waals surface area contributed by atoms with Crippen molar-refractivity contribution in [3.05, 3.63) is 65.4 Å². The number of fused-ring (bicyclic) bond motifs is 1. The van der Waals surface area contributed by atoms with Crippen LogP contribution in [0.15, 0.2) is 48.7 Å². The minimum atomic E-state index is -0.251. The predicted octanol–water partition coefficient (Wildman–Crippen LogP) is 6.29. The Morgan fingerprint density at radius 3 is 2.89 bits per heavy atom. The number of aryl methyl sites for hydroxylation is 1. The van der Waals surface area contributed by atoms with Crippen molar-refractivity contribution in [2.75, 3.05) is 31.2 Å². The van der Waals surface area contributed by atoms with Gasteiger partial charge in [0.05, 0.1) is 23.9 Å². The van der Waals surface area contributed by atoms with E-state index in [-0.39, 0.29) is 12.2 Å². The number of hydrogen-bond acceptors (Lipinski definition) is 5. The molecule has 1 aromatic heterocycles. The number of benzene rings is 2. The summed E-state index contributed by atoms with van der Waals surface area (Å²) in [7, 11) is 0. The van der Waals surface area contributed by atoms with Gasteiger partial charge >= 0.3 is 5.97 Å². The Morgan fingerprint density at radius 2 is 2.14 bits per heavy atom. The first-order valence-electron chi connectivity index (χ1n) is 13.0. The van der Waals surface area contributed by atoms with E-state index in [4.69, 9.17) is 14.6 Å². The molecule has 3 aromatic rings. The van der Waals surface area contributed by atoms with Crippen molar-refractivity contribution in [3.63, 3.8) is 0 Å². The van der Waals surface area contributed by atoms with Gasteiger partial charge in [-0.25, -0.2) is 9.48 Å². The highest BCUT2D eigenvalue weighted by Crippen LogP contribution is 2.36. The lowest BCUT2D eigenvalue weighted by Crippen LogP contribution is -2.28. The van der Waals surface area contributed by atoms with Gasteiger partial charge in [-0.3, -0.25) is 0 Å². The fourth-order valence-electron chi connectivity index (χ4n) is 5.13.